The van der Waals surface area contributed by atoms with Crippen molar-refractivity contribution in [2.75, 3.05) is 0 Å². The van der Waals surface area contributed by atoms with E-state index in [9.17, 15) is 5.11 Å². The minimum atomic E-state index is -0.0431. The van der Waals surface area contributed by atoms with E-state index in [0.717, 1.165) is 94.8 Å². The molecule has 3 aromatic heterocycles. The highest BCUT2D eigenvalue weighted by molar-refractivity contribution is 6.13. The standard InChI is InChI=1S/C56H50N2O2/c1-34-16-12-25-48(52(34)59)51-31-40(39-28-42(55(3,4)5)33-43(29-39)56(6,7)8)30-50(58-51)38-20-13-19-37(27-38)49-32-41(26-35(2)57-49)45-22-15-24-47-46-23-14-21-44(53(46)60-54(45)47)36-17-10-9-11-18-36/h9-33,59H,1-8H3. The molecule has 9 aromatic rings. The van der Waals surface area contributed by atoms with Crippen LogP contribution in [0.4, 0.5) is 0 Å². The number of nitrogens with zero attached hydrogens (tertiary/aromatic N) is 2. The maximum absolute atomic E-state index is 11.3. The molecule has 296 valence electrons. The van der Waals surface area contributed by atoms with E-state index in [4.69, 9.17) is 14.4 Å². The lowest BCUT2D eigenvalue weighted by Crippen LogP contribution is -2.16. The molecule has 0 spiro atoms. The van der Waals surface area contributed by atoms with Gasteiger partial charge in [-0.05, 0) is 100 Å². The highest BCUT2D eigenvalue weighted by atomic mass is 16.3. The molecule has 0 saturated carbocycles. The van der Waals surface area contributed by atoms with Crippen molar-refractivity contribution >= 4 is 21.9 Å². The number of aromatic nitrogens is 2. The van der Waals surface area contributed by atoms with Gasteiger partial charge in [-0.15, -0.1) is 0 Å². The molecule has 0 aliphatic heterocycles. The fraction of sp³-hybridized carbons (Fsp3) is 0.179. The number of pyridine rings is 2. The molecule has 9 rings (SSSR count). The third kappa shape index (κ3) is 7.28. The second-order valence-corrected chi connectivity index (χ2v) is 18.2. The van der Waals surface area contributed by atoms with Gasteiger partial charge in [0.25, 0.3) is 0 Å². The summed E-state index contributed by atoms with van der Waals surface area (Å²) in [4.78, 5) is 10.3. The molecule has 6 aromatic carbocycles. The summed E-state index contributed by atoms with van der Waals surface area (Å²) < 4.78 is 6.80. The summed E-state index contributed by atoms with van der Waals surface area (Å²) in [6.45, 7) is 17.6. The molecule has 0 fully saturated rings. The first kappa shape index (κ1) is 38.7. The van der Waals surface area contributed by atoms with Gasteiger partial charge in [-0.2, -0.15) is 0 Å². The fourth-order valence-electron chi connectivity index (χ4n) is 8.21. The zero-order chi connectivity index (χ0) is 41.9. The summed E-state index contributed by atoms with van der Waals surface area (Å²) in [6, 6.07) is 53.1. The van der Waals surface area contributed by atoms with Crippen LogP contribution in [0.1, 0.15) is 63.9 Å². The van der Waals surface area contributed by atoms with Crippen molar-refractivity contribution < 1.29 is 9.52 Å². The van der Waals surface area contributed by atoms with Crippen molar-refractivity contribution in [1.29, 1.82) is 0 Å². The molecular weight excluding hydrogens is 733 g/mol. The zero-order valence-electron chi connectivity index (χ0n) is 35.7. The molecule has 1 N–H and O–H groups in total. The van der Waals surface area contributed by atoms with Crippen LogP contribution in [0, 0.1) is 13.8 Å². The normalized spacial score (nSPS) is 12.1. The highest BCUT2D eigenvalue weighted by Gasteiger charge is 2.23. The fourth-order valence-corrected chi connectivity index (χ4v) is 8.21. The highest BCUT2D eigenvalue weighted by Crippen LogP contribution is 2.42. The van der Waals surface area contributed by atoms with Crippen LogP contribution in [0.2, 0.25) is 0 Å². The molecule has 0 aliphatic carbocycles. The van der Waals surface area contributed by atoms with Crippen molar-refractivity contribution in [1.82, 2.24) is 9.97 Å². The zero-order valence-corrected chi connectivity index (χ0v) is 35.7. The van der Waals surface area contributed by atoms with Gasteiger partial charge in [-0.1, -0.05) is 157 Å². The Hall–Kier alpha value is -6.78. The summed E-state index contributed by atoms with van der Waals surface area (Å²) in [5.41, 5.74) is 17.4. The largest absolute Gasteiger partial charge is 0.507 e. The first-order valence-electron chi connectivity index (χ1n) is 20.8. The number of aryl methyl sites for hydroxylation is 2. The molecule has 0 amide bonds. The predicted molar refractivity (Wildman–Crippen MR) is 250 cm³/mol. The van der Waals surface area contributed by atoms with Crippen molar-refractivity contribution in [2.24, 2.45) is 0 Å². The van der Waals surface area contributed by atoms with Gasteiger partial charge in [-0.3, -0.25) is 4.98 Å². The topological polar surface area (TPSA) is 59.2 Å². The van der Waals surface area contributed by atoms with Crippen LogP contribution in [0.3, 0.4) is 0 Å². The van der Waals surface area contributed by atoms with Gasteiger partial charge in [0, 0.05) is 44.3 Å². The van der Waals surface area contributed by atoms with Gasteiger partial charge in [0.1, 0.15) is 16.9 Å². The van der Waals surface area contributed by atoms with E-state index in [-0.39, 0.29) is 16.6 Å². The molecule has 0 saturated heterocycles. The molecule has 60 heavy (non-hydrogen) atoms. The maximum Gasteiger partial charge on any atom is 0.143 e. The van der Waals surface area contributed by atoms with Gasteiger partial charge < -0.3 is 9.52 Å². The van der Waals surface area contributed by atoms with Crippen LogP contribution in [0.5, 0.6) is 5.75 Å². The Bertz CT molecular complexity index is 3050. The summed E-state index contributed by atoms with van der Waals surface area (Å²) in [7, 11) is 0. The molecule has 0 aliphatic rings. The quantitative estimate of drug-likeness (QED) is 0.182. The van der Waals surface area contributed by atoms with Crippen LogP contribution in [-0.2, 0) is 10.8 Å². The van der Waals surface area contributed by atoms with Gasteiger partial charge in [0.15, 0.2) is 0 Å². The number of rotatable bonds is 6. The Morgan fingerprint density at radius 1 is 0.417 bits per heavy atom. The number of aromatic hydroxyl groups is 1. The summed E-state index contributed by atoms with van der Waals surface area (Å²) in [5.74, 6) is 0.243. The smallest absolute Gasteiger partial charge is 0.143 e. The minimum Gasteiger partial charge on any atom is -0.507 e. The summed E-state index contributed by atoms with van der Waals surface area (Å²) in [6.07, 6.45) is 0. The number of furan rings is 1. The molecule has 0 atom stereocenters. The van der Waals surface area contributed by atoms with Gasteiger partial charge >= 0.3 is 0 Å². The Morgan fingerprint density at radius 3 is 1.55 bits per heavy atom. The van der Waals surface area contributed by atoms with Gasteiger partial charge in [0.05, 0.1) is 17.1 Å². The van der Waals surface area contributed by atoms with Gasteiger partial charge in [-0.25, -0.2) is 4.98 Å². The number of hydrogen-bond donors (Lipinski definition) is 1. The SMILES string of the molecule is Cc1cc(-c2cccc3c2oc2c(-c4ccccc4)cccc23)cc(-c2cccc(-c3cc(-c4cc(C(C)(C)C)cc(C(C)(C)C)c4)cc(-c4cccc(C)c4O)n3)c2)n1. The Morgan fingerprint density at radius 2 is 0.917 bits per heavy atom. The van der Waals surface area contributed by atoms with E-state index in [1.165, 1.54) is 11.1 Å². The molecule has 0 bridgehead atoms. The number of hydrogen-bond acceptors (Lipinski definition) is 4. The van der Waals surface area contributed by atoms with E-state index in [1.807, 2.05) is 38.1 Å². The number of phenolic OH excluding ortho intramolecular Hbond substituents is 1. The Balaban J connectivity index is 1.18. The third-order valence-electron chi connectivity index (χ3n) is 11.7. The predicted octanol–water partition coefficient (Wildman–Crippen LogP) is 15.3. The van der Waals surface area contributed by atoms with Crippen molar-refractivity contribution in [3.05, 3.63) is 174 Å². The molecule has 4 heteroatoms. The third-order valence-corrected chi connectivity index (χ3v) is 11.7. The second-order valence-electron chi connectivity index (χ2n) is 18.2. The average molecular weight is 783 g/mol. The number of para-hydroxylation sites is 3. The Labute approximate surface area is 353 Å². The van der Waals surface area contributed by atoms with Crippen molar-refractivity contribution in [2.45, 2.75) is 66.2 Å². The molecule has 0 radical (unpaired) electrons. The van der Waals surface area contributed by atoms with E-state index in [0.29, 0.717) is 5.56 Å². The molecule has 0 unspecified atom stereocenters. The molecule has 3 heterocycles. The van der Waals surface area contributed by atoms with Crippen molar-refractivity contribution in [3.8, 4) is 72.9 Å². The van der Waals surface area contributed by atoms with E-state index in [1.54, 1.807) is 0 Å². The van der Waals surface area contributed by atoms with E-state index in [2.05, 4.69) is 169 Å². The van der Waals surface area contributed by atoms with Crippen molar-refractivity contribution in [3.63, 3.8) is 0 Å². The lowest BCUT2D eigenvalue weighted by Gasteiger charge is -2.26. The first-order chi connectivity index (χ1) is 28.7. The van der Waals surface area contributed by atoms with Crippen LogP contribution < -0.4 is 0 Å². The minimum absolute atomic E-state index is 0.0431. The number of benzene rings is 6. The molecular formula is C56H50N2O2. The Kier molecular flexibility index (Phi) is 9.55. The monoisotopic (exact) mass is 782 g/mol. The number of fused-ring (bicyclic) bond motifs is 3. The second kappa shape index (κ2) is 14.8. The van der Waals surface area contributed by atoms with E-state index < -0.39 is 0 Å². The summed E-state index contributed by atoms with van der Waals surface area (Å²) >= 11 is 0. The lowest BCUT2D eigenvalue weighted by atomic mass is 9.79. The van der Waals surface area contributed by atoms with Crippen LogP contribution in [0.25, 0.3) is 89.1 Å². The average Bonchev–Trinajstić information content (AvgIpc) is 3.63. The molecule has 4 nitrogen and oxygen atoms in total. The lowest BCUT2D eigenvalue weighted by molar-refractivity contribution is 0.473. The number of phenols is 1. The first-order valence-corrected chi connectivity index (χ1v) is 20.8. The van der Waals surface area contributed by atoms with Gasteiger partial charge in [0.2, 0.25) is 0 Å². The van der Waals surface area contributed by atoms with Crippen LogP contribution in [-0.4, -0.2) is 15.1 Å². The summed E-state index contributed by atoms with van der Waals surface area (Å²) in [5, 5.41) is 13.5. The van der Waals surface area contributed by atoms with E-state index >= 15 is 0 Å². The van der Waals surface area contributed by atoms with Crippen LogP contribution in [0.15, 0.2) is 156 Å². The van der Waals surface area contributed by atoms with Crippen LogP contribution >= 0.6 is 0 Å². The maximum atomic E-state index is 11.3.